The smallest absolute Gasteiger partial charge is 0.327 e. The Labute approximate surface area is 126 Å². The summed E-state index contributed by atoms with van der Waals surface area (Å²) in [6, 6.07) is 7.43. The maximum Gasteiger partial charge on any atom is 0.327 e. The quantitative estimate of drug-likeness (QED) is 0.515. The Morgan fingerprint density at radius 3 is 2.45 bits per heavy atom. The lowest BCUT2D eigenvalue weighted by atomic mass is 10.2. The van der Waals surface area contributed by atoms with Crippen molar-refractivity contribution < 1.29 is 12.6 Å². The number of anilines is 1. The molecule has 0 amide bonds. The third-order valence-electron chi connectivity index (χ3n) is 2.73. The Morgan fingerprint density at radius 1 is 1.14 bits per heavy atom. The van der Waals surface area contributed by atoms with E-state index in [1.807, 2.05) is 11.9 Å². The summed E-state index contributed by atoms with van der Waals surface area (Å²) in [5.41, 5.74) is -0.262. The van der Waals surface area contributed by atoms with E-state index in [1.165, 1.54) is 12.1 Å². The molecule has 118 valence electrons. The van der Waals surface area contributed by atoms with E-state index in [0.29, 0.717) is 0 Å². The monoisotopic (exact) mass is 325 g/mol. The number of H-pyrrole nitrogens is 2. The minimum atomic E-state index is -3.83. The minimum Gasteiger partial charge on any atom is -0.369 e. The predicted molar refractivity (Wildman–Crippen MR) is 80.5 cm³/mol. The molecule has 0 spiro atoms. The Kier molecular flexibility index (Phi) is 4.78. The molecule has 0 aliphatic heterocycles. The number of aryl methyl sites for hydroxylation is 1. The van der Waals surface area contributed by atoms with E-state index in [-0.39, 0.29) is 23.9 Å². The molecule has 0 radical (unpaired) electrons. The fraction of sp³-hybridized carbons (Fsp3) is 0.231. The molecule has 0 saturated heterocycles. The molecule has 22 heavy (non-hydrogen) atoms. The van der Waals surface area contributed by atoms with Gasteiger partial charge in [0.2, 0.25) is 0 Å². The highest BCUT2D eigenvalue weighted by Gasteiger charge is 2.14. The van der Waals surface area contributed by atoms with Crippen molar-refractivity contribution >= 4 is 15.9 Å². The molecule has 0 atom stereocenters. The van der Waals surface area contributed by atoms with Gasteiger partial charge < -0.3 is 5.32 Å². The van der Waals surface area contributed by atoms with Crippen LogP contribution in [0.2, 0.25) is 0 Å². The summed E-state index contributed by atoms with van der Waals surface area (Å²) < 4.78 is 28.7. The number of aromatic nitrogens is 2. The number of rotatable bonds is 6. The number of benzene rings is 1. The van der Waals surface area contributed by atoms with Crippen LogP contribution in [-0.4, -0.2) is 31.5 Å². The molecule has 1 aromatic heterocycles. The molecule has 3 N–H and O–H groups in total. The van der Waals surface area contributed by atoms with Gasteiger partial charge in [-0.1, -0.05) is 17.7 Å². The van der Waals surface area contributed by atoms with Gasteiger partial charge in [0.15, 0.2) is 0 Å². The third kappa shape index (κ3) is 4.30. The number of nitrogens with one attached hydrogen (secondary N) is 3. The molecule has 1 aromatic carbocycles. The maximum atomic E-state index is 11.9. The van der Waals surface area contributed by atoms with Crippen LogP contribution < -0.4 is 16.6 Å². The van der Waals surface area contributed by atoms with E-state index in [9.17, 15) is 18.0 Å². The largest absolute Gasteiger partial charge is 0.369 e. The molecule has 9 heteroatoms. The van der Waals surface area contributed by atoms with Crippen molar-refractivity contribution in [1.29, 1.82) is 0 Å². The molecule has 0 aliphatic rings. The number of hydrogen-bond acceptors (Lipinski definition) is 6. The van der Waals surface area contributed by atoms with Gasteiger partial charge in [-0.25, -0.2) is 4.79 Å². The zero-order valence-corrected chi connectivity index (χ0v) is 12.6. The van der Waals surface area contributed by atoms with Crippen molar-refractivity contribution in [2.75, 3.05) is 18.5 Å². The van der Waals surface area contributed by atoms with E-state index in [1.54, 1.807) is 12.1 Å². The first kappa shape index (κ1) is 16.0. The molecule has 1 heterocycles. The zero-order chi connectivity index (χ0) is 16.2. The van der Waals surface area contributed by atoms with Crippen LogP contribution in [0.4, 0.5) is 5.82 Å². The fourth-order valence-corrected chi connectivity index (χ4v) is 2.58. The van der Waals surface area contributed by atoms with Crippen LogP contribution in [0.3, 0.4) is 0 Å². The lowest BCUT2D eigenvalue weighted by Gasteiger charge is -2.07. The van der Waals surface area contributed by atoms with Crippen molar-refractivity contribution in [3.63, 3.8) is 0 Å². The van der Waals surface area contributed by atoms with Crippen LogP contribution in [0, 0.1) is 6.92 Å². The Morgan fingerprint density at radius 2 is 1.82 bits per heavy atom. The molecule has 0 unspecified atom stereocenters. The SMILES string of the molecule is Cc1ccc(S(=O)(=O)OCCNc2cc(=O)[nH]c(=O)[nH]2)cc1. The zero-order valence-electron chi connectivity index (χ0n) is 11.8. The molecular formula is C13H15N3O5S. The summed E-state index contributed by atoms with van der Waals surface area (Å²) >= 11 is 0. The van der Waals surface area contributed by atoms with Gasteiger partial charge in [-0.15, -0.1) is 0 Å². The Bertz CT molecular complexity index is 824. The number of aromatic amines is 2. The van der Waals surface area contributed by atoms with Gasteiger partial charge in [0.05, 0.1) is 11.5 Å². The topological polar surface area (TPSA) is 121 Å². The van der Waals surface area contributed by atoms with E-state index in [2.05, 4.69) is 10.3 Å². The summed E-state index contributed by atoms with van der Waals surface area (Å²) in [5, 5.41) is 2.69. The van der Waals surface area contributed by atoms with Crippen LogP contribution in [0.15, 0.2) is 44.8 Å². The molecule has 8 nitrogen and oxygen atoms in total. The van der Waals surface area contributed by atoms with Gasteiger partial charge in [-0.2, -0.15) is 8.42 Å². The maximum absolute atomic E-state index is 11.9. The van der Waals surface area contributed by atoms with Crippen molar-refractivity contribution in [2.24, 2.45) is 0 Å². The molecule has 0 aliphatic carbocycles. The van der Waals surface area contributed by atoms with Crippen molar-refractivity contribution in [2.45, 2.75) is 11.8 Å². The molecule has 0 fully saturated rings. The highest BCUT2D eigenvalue weighted by atomic mass is 32.2. The van der Waals surface area contributed by atoms with Crippen LogP contribution in [0.5, 0.6) is 0 Å². The highest BCUT2D eigenvalue weighted by molar-refractivity contribution is 7.86. The van der Waals surface area contributed by atoms with E-state index in [4.69, 9.17) is 4.18 Å². The van der Waals surface area contributed by atoms with Gasteiger partial charge in [-0.05, 0) is 19.1 Å². The second kappa shape index (κ2) is 6.58. The summed E-state index contributed by atoms with van der Waals surface area (Å²) in [7, 11) is -3.83. The van der Waals surface area contributed by atoms with Crippen molar-refractivity contribution in [3.05, 3.63) is 56.7 Å². The highest BCUT2D eigenvalue weighted by Crippen LogP contribution is 2.12. The number of hydrogen-bond donors (Lipinski definition) is 3. The van der Waals surface area contributed by atoms with Gasteiger partial charge in [0, 0.05) is 12.6 Å². The van der Waals surface area contributed by atoms with E-state index < -0.39 is 21.4 Å². The van der Waals surface area contributed by atoms with Gasteiger partial charge in [0.25, 0.3) is 15.7 Å². The summed E-state index contributed by atoms with van der Waals surface area (Å²) in [6.45, 7) is 1.80. The average Bonchev–Trinajstić information content (AvgIpc) is 2.43. The van der Waals surface area contributed by atoms with Gasteiger partial charge in [-0.3, -0.25) is 18.9 Å². The summed E-state index contributed by atoms with van der Waals surface area (Å²) in [5.74, 6) is 0.185. The van der Waals surface area contributed by atoms with Crippen LogP contribution in [0.1, 0.15) is 5.56 Å². The second-order valence-electron chi connectivity index (χ2n) is 4.52. The first-order chi connectivity index (χ1) is 10.4. The Hall–Kier alpha value is -2.39. The Balaban J connectivity index is 1.91. The molecule has 2 rings (SSSR count). The van der Waals surface area contributed by atoms with Crippen LogP contribution >= 0.6 is 0 Å². The van der Waals surface area contributed by atoms with Crippen LogP contribution in [0.25, 0.3) is 0 Å². The minimum absolute atomic E-state index is 0.0719. The van der Waals surface area contributed by atoms with E-state index >= 15 is 0 Å². The standard InChI is InChI=1S/C13H15N3O5S/c1-9-2-4-10(5-3-9)22(19,20)21-7-6-14-11-8-12(17)16-13(18)15-11/h2-5,8H,6-7H2,1H3,(H3,14,15,16,17,18). The van der Waals surface area contributed by atoms with Crippen molar-refractivity contribution in [3.8, 4) is 0 Å². The lowest BCUT2D eigenvalue weighted by molar-refractivity contribution is 0.331. The fourth-order valence-electron chi connectivity index (χ4n) is 1.67. The predicted octanol–water partition coefficient (Wildman–Crippen LogP) is 0.189. The molecule has 2 aromatic rings. The molecule has 0 saturated carbocycles. The third-order valence-corrected chi connectivity index (χ3v) is 4.05. The summed E-state index contributed by atoms with van der Waals surface area (Å²) in [6.07, 6.45) is 0. The van der Waals surface area contributed by atoms with Crippen molar-refractivity contribution in [1.82, 2.24) is 9.97 Å². The molecule has 0 bridgehead atoms. The van der Waals surface area contributed by atoms with Crippen LogP contribution in [-0.2, 0) is 14.3 Å². The summed E-state index contributed by atoms with van der Waals surface area (Å²) in [4.78, 5) is 26.6. The first-order valence-electron chi connectivity index (χ1n) is 6.40. The lowest BCUT2D eigenvalue weighted by Crippen LogP contribution is -2.24. The van der Waals surface area contributed by atoms with Gasteiger partial charge in [0.1, 0.15) is 5.82 Å². The first-order valence-corrected chi connectivity index (χ1v) is 7.81. The molecular weight excluding hydrogens is 310 g/mol. The van der Waals surface area contributed by atoms with E-state index in [0.717, 1.165) is 11.6 Å². The normalized spacial score (nSPS) is 11.3. The second-order valence-corrected chi connectivity index (χ2v) is 6.13. The van der Waals surface area contributed by atoms with Gasteiger partial charge >= 0.3 is 5.69 Å². The average molecular weight is 325 g/mol.